The van der Waals surface area contributed by atoms with Crippen molar-refractivity contribution in [3.8, 4) is 0 Å². The first-order valence-electron chi connectivity index (χ1n) is 5.44. The first-order valence-corrected chi connectivity index (χ1v) is 6.84. The minimum atomic E-state index is 0.528. The molecule has 2 aromatic rings. The third-order valence-corrected chi connectivity index (χ3v) is 3.30. The number of hydrogen-bond donors (Lipinski definition) is 1. The molecule has 86 valence electrons. The number of fused-ring (bicyclic) bond motifs is 1. The van der Waals surface area contributed by atoms with Crippen LogP contribution in [0.3, 0.4) is 0 Å². The van der Waals surface area contributed by atoms with E-state index in [0.717, 1.165) is 23.6 Å². The molecule has 0 spiro atoms. The molecule has 1 N–H and O–H groups in total. The summed E-state index contributed by atoms with van der Waals surface area (Å²) in [5.74, 6) is 1.13. The van der Waals surface area contributed by atoms with E-state index in [-0.39, 0.29) is 0 Å². The molecule has 1 unspecified atom stereocenters. The lowest BCUT2D eigenvalue weighted by molar-refractivity contribution is 0.590. The van der Waals surface area contributed by atoms with Crippen LogP contribution >= 0.6 is 11.8 Å². The Labute approximate surface area is 100 Å². The maximum atomic E-state index is 4.54. The van der Waals surface area contributed by atoms with Crippen molar-refractivity contribution in [2.24, 2.45) is 0 Å². The molecular formula is C12H17N3S. The number of imidazole rings is 1. The Morgan fingerprint density at radius 1 is 1.50 bits per heavy atom. The lowest BCUT2D eigenvalue weighted by Gasteiger charge is -2.10. The van der Waals surface area contributed by atoms with Crippen molar-refractivity contribution in [3.63, 3.8) is 0 Å². The van der Waals surface area contributed by atoms with Crippen molar-refractivity contribution in [1.29, 1.82) is 0 Å². The first kappa shape index (κ1) is 11.5. The molecule has 0 saturated heterocycles. The summed E-state index contributed by atoms with van der Waals surface area (Å²) < 4.78 is 2.05. The molecule has 4 heteroatoms. The maximum Gasteiger partial charge on any atom is 0.137 e. The van der Waals surface area contributed by atoms with Crippen molar-refractivity contribution in [1.82, 2.24) is 14.7 Å². The third-order valence-electron chi connectivity index (χ3n) is 2.46. The molecule has 0 amide bonds. The lowest BCUT2D eigenvalue weighted by Crippen LogP contribution is -2.27. The predicted molar refractivity (Wildman–Crippen MR) is 69.9 cm³/mol. The molecule has 0 fully saturated rings. The van der Waals surface area contributed by atoms with Gasteiger partial charge in [0.05, 0.1) is 5.69 Å². The van der Waals surface area contributed by atoms with Gasteiger partial charge >= 0.3 is 0 Å². The molecule has 16 heavy (non-hydrogen) atoms. The van der Waals surface area contributed by atoms with E-state index in [1.807, 2.05) is 36.2 Å². The van der Waals surface area contributed by atoms with Gasteiger partial charge in [0, 0.05) is 30.7 Å². The smallest absolute Gasteiger partial charge is 0.137 e. The zero-order valence-corrected chi connectivity index (χ0v) is 10.5. The number of nitrogens with zero attached hydrogens (tertiary/aromatic N) is 2. The minimum Gasteiger partial charge on any atom is -0.308 e. The van der Waals surface area contributed by atoms with Crippen LogP contribution in [0, 0.1) is 0 Å². The van der Waals surface area contributed by atoms with E-state index in [9.17, 15) is 0 Å². The second-order valence-corrected chi connectivity index (χ2v) is 4.85. The summed E-state index contributed by atoms with van der Waals surface area (Å²) in [7, 11) is 0. The Bertz CT molecular complexity index is 419. The van der Waals surface area contributed by atoms with Crippen LogP contribution < -0.4 is 5.32 Å². The van der Waals surface area contributed by atoms with E-state index >= 15 is 0 Å². The van der Waals surface area contributed by atoms with Gasteiger partial charge in [-0.15, -0.1) is 0 Å². The molecule has 0 aliphatic rings. The molecule has 3 nitrogen and oxygen atoms in total. The second-order valence-electron chi connectivity index (χ2n) is 3.94. The fourth-order valence-corrected chi connectivity index (χ4v) is 2.28. The first-order chi connectivity index (χ1) is 7.79. The van der Waals surface area contributed by atoms with Gasteiger partial charge in [0.25, 0.3) is 0 Å². The monoisotopic (exact) mass is 235 g/mol. The van der Waals surface area contributed by atoms with Gasteiger partial charge in [-0.25, -0.2) is 4.98 Å². The topological polar surface area (TPSA) is 29.3 Å². The molecule has 1 atom stereocenters. The van der Waals surface area contributed by atoms with Crippen LogP contribution in [0.4, 0.5) is 0 Å². The minimum absolute atomic E-state index is 0.528. The van der Waals surface area contributed by atoms with Gasteiger partial charge in [0.15, 0.2) is 0 Å². The van der Waals surface area contributed by atoms with Gasteiger partial charge in [0.1, 0.15) is 5.65 Å². The van der Waals surface area contributed by atoms with Crippen LogP contribution in [0.15, 0.2) is 30.6 Å². The molecule has 0 bridgehead atoms. The summed E-state index contributed by atoms with van der Waals surface area (Å²) in [4.78, 5) is 4.54. The van der Waals surface area contributed by atoms with Gasteiger partial charge in [-0.2, -0.15) is 11.8 Å². The summed E-state index contributed by atoms with van der Waals surface area (Å²) >= 11 is 1.86. The normalized spacial score (nSPS) is 13.1. The molecule has 2 aromatic heterocycles. The van der Waals surface area contributed by atoms with E-state index in [0.29, 0.717) is 6.04 Å². The lowest BCUT2D eigenvalue weighted by atomic mass is 10.3. The Morgan fingerprint density at radius 2 is 2.38 bits per heavy atom. The molecule has 0 radical (unpaired) electrons. The van der Waals surface area contributed by atoms with Crippen molar-refractivity contribution in [2.75, 3.05) is 12.0 Å². The highest BCUT2D eigenvalue weighted by Gasteiger charge is 2.03. The second kappa shape index (κ2) is 5.37. The summed E-state index contributed by atoms with van der Waals surface area (Å²) in [5, 5.41) is 3.46. The van der Waals surface area contributed by atoms with Crippen molar-refractivity contribution in [2.45, 2.75) is 19.5 Å². The van der Waals surface area contributed by atoms with Crippen LogP contribution in [-0.4, -0.2) is 27.4 Å². The predicted octanol–water partition coefficient (Wildman–Crippen LogP) is 2.18. The number of pyridine rings is 1. The van der Waals surface area contributed by atoms with Gasteiger partial charge in [-0.05, 0) is 25.3 Å². The Kier molecular flexibility index (Phi) is 3.85. The standard InChI is InChI=1S/C12H17N3S/c1-10(9-16-2)13-7-11-8-15-6-4-3-5-12(15)14-11/h3-6,8,10,13H,7,9H2,1-2H3. The molecule has 0 aliphatic heterocycles. The average Bonchev–Trinajstić information content (AvgIpc) is 2.69. The average molecular weight is 235 g/mol. The van der Waals surface area contributed by atoms with E-state index < -0.39 is 0 Å². The summed E-state index contributed by atoms with van der Waals surface area (Å²) in [6, 6.07) is 6.58. The van der Waals surface area contributed by atoms with E-state index in [1.165, 1.54) is 0 Å². The quantitative estimate of drug-likeness (QED) is 0.861. The van der Waals surface area contributed by atoms with Crippen LogP contribution in [0.5, 0.6) is 0 Å². The van der Waals surface area contributed by atoms with Gasteiger partial charge in [-0.1, -0.05) is 6.07 Å². The summed E-state index contributed by atoms with van der Waals surface area (Å²) in [6.45, 7) is 3.04. The number of nitrogens with one attached hydrogen (secondary N) is 1. The third kappa shape index (κ3) is 2.77. The molecule has 2 heterocycles. The van der Waals surface area contributed by atoms with Gasteiger partial charge in [-0.3, -0.25) is 0 Å². The van der Waals surface area contributed by atoms with Crippen molar-refractivity contribution >= 4 is 17.4 Å². The van der Waals surface area contributed by atoms with Crippen LogP contribution in [0.1, 0.15) is 12.6 Å². The van der Waals surface area contributed by atoms with Crippen LogP contribution in [0.2, 0.25) is 0 Å². The van der Waals surface area contributed by atoms with E-state index in [4.69, 9.17) is 0 Å². The number of hydrogen-bond acceptors (Lipinski definition) is 3. The Morgan fingerprint density at radius 3 is 3.12 bits per heavy atom. The fourth-order valence-electron chi connectivity index (χ4n) is 1.66. The highest BCUT2D eigenvalue weighted by atomic mass is 32.2. The zero-order chi connectivity index (χ0) is 11.4. The van der Waals surface area contributed by atoms with Crippen molar-refractivity contribution in [3.05, 3.63) is 36.3 Å². The molecular weight excluding hydrogens is 218 g/mol. The van der Waals surface area contributed by atoms with Gasteiger partial charge < -0.3 is 9.72 Å². The zero-order valence-electron chi connectivity index (χ0n) is 9.68. The maximum absolute atomic E-state index is 4.54. The fraction of sp³-hybridized carbons (Fsp3) is 0.417. The summed E-state index contributed by atoms with van der Waals surface area (Å²) in [5.41, 5.74) is 2.11. The summed E-state index contributed by atoms with van der Waals surface area (Å²) in [6.07, 6.45) is 6.23. The van der Waals surface area contributed by atoms with Crippen LogP contribution in [-0.2, 0) is 6.54 Å². The molecule has 0 aliphatic carbocycles. The molecule has 2 rings (SSSR count). The van der Waals surface area contributed by atoms with Crippen molar-refractivity contribution < 1.29 is 0 Å². The Balaban J connectivity index is 1.99. The van der Waals surface area contributed by atoms with Gasteiger partial charge in [0.2, 0.25) is 0 Å². The number of rotatable bonds is 5. The SMILES string of the molecule is CSCC(C)NCc1cn2ccccc2n1. The highest BCUT2D eigenvalue weighted by molar-refractivity contribution is 7.98. The highest BCUT2D eigenvalue weighted by Crippen LogP contribution is 2.05. The number of aromatic nitrogens is 2. The van der Waals surface area contributed by atoms with Crippen LogP contribution in [0.25, 0.3) is 5.65 Å². The number of thioether (sulfide) groups is 1. The Hall–Kier alpha value is -1.00. The largest absolute Gasteiger partial charge is 0.308 e. The molecule has 0 saturated carbocycles. The van der Waals surface area contributed by atoms with E-state index in [2.05, 4.69) is 34.1 Å². The molecule has 0 aromatic carbocycles. The van der Waals surface area contributed by atoms with E-state index in [1.54, 1.807) is 0 Å².